The van der Waals surface area contributed by atoms with E-state index in [4.69, 9.17) is 5.73 Å². The first kappa shape index (κ1) is 19.6. The molecule has 2 aromatic carbocycles. The molecule has 2 aromatic heterocycles. The van der Waals surface area contributed by atoms with Crippen molar-refractivity contribution >= 4 is 23.1 Å². The predicted octanol–water partition coefficient (Wildman–Crippen LogP) is 4.02. The Kier molecular flexibility index (Phi) is 4.97. The maximum absolute atomic E-state index is 14.1. The third-order valence-electron chi connectivity index (χ3n) is 5.09. The highest BCUT2D eigenvalue weighted by molar-refractivity contribution is 5.87. The number of nitrogens with zero attached hydrogens (tertiary/aromatic N) is 2. The molecule has 0 saturated carbocycles. The van der Waals surface area contributed by atoms with Gasteiger partial charge in [0.25, 0.3) is 5.91 Å². The van der Waals surface area contributed by atoms with Crippen molar-refractivity contribution in [1.29, 1.82) is 0 Å². The Labute approximate surface area is 172 Å². The summed E-state index contributed by atoms with van der Waals surface area (Å²) < 4.78 is 15.7. The van der Waals surface area contributed by atoms with Crippen molar-refractivity contribution in [3.05, 3.63) is 83.3 Å². The van der Waals surface area contributed by atoms with Crippen LogP contribution >= 0.6 is 0 Å². The average molecular weight is 404 g/mol. The highest BCUT2D eigenvalue weighted by atomic mass is 19.1. The summed E-state index contributed by atoms with van der Waals surface area (Å²) >= 11 is 0. The van der Waals surface area contributed by atoms with Gasteiger partial charge in [0, 0.05) is 17.4 Å². The molecule has 4 aromatic rings. The number of carbonyl (C=O) groups is 1. The Morgan fingerprint density at radius 3 is 2.50 bits per heavy atom. The van der Waals surface area contributed by atoms with Crippen molar-refractivity contribution in [1.82, 2.24) is 9.38 Å². The Bertz CT molecular complexity index is 1250. The van der Waals surface area contributed by atoms with Gasteiger partial charge in [-0.25, -0.2) is 9.37 Å². The summed E-state index contributed by atoms with van der Waals surface area (Å²) in [5, 5.41) is 13.7. The lowest BCUT2D eigenvalue weighted by molar-refractivity contribution is -0.126. The molecule has 30 heavy (non-hydrogen) atoms. The summed E-state index contributed by atoms with van der Waals surface area (Å²) in [6.45, 7) is 3.95. The lowest BCUT2D eigenvalue weighted by Gasteiger charge is -2.16. The first-order valence-electron chi connectivity index (χ1n) is 9.44. The molecule has 2 heterocycles. The number of primary amides is 1. The van der Waals surface area contributed by atoms with Gasteiger partial charge in [-0.1, -0.05) is 42.5 Å². The number of amides is 1. The molecule has 0 saturated heterocycles. The number of benzene rings is 2. The van der Waals surface area contributed by atoms with Gasteiger partial charge in [0.2, 0.25) is 0 Å². The monoisotopic (exact) mass is 404 g/mol. The molecular weight excluding hydrogens is 383 g/mol. The molecule has 1 unspecified atom stereocenters. The van der Waals surface area contributed by atoms with Crippen LogP contribution in [0.15, 0.2) is 60.8 Å². The van der Waals surface area contributed by atoms with Crippen LogP contribution in [0.25, 0.3) is 16.9 Å². The number of aliphatic hydroxyl groups excluding tert-OH is 1. The Hall–Kier alpha value is -3.71. The molecule has 0 spiro atoms. The predicted molar refractivity (Wildman–Crippen MR) is 114 cm³/mol. The number of carbonyl (C=O) groups excluding carboxylic acids is 1. The van der Waals surface area contributed by atoms with Gasteiger partial charge < -0.3 is 16.2 Å². The Morgan fingerprint density at radius 1 is 1.10 bits per heavy atom. The van der Waals surface area contributed by atoms with Crippen molar-refractivity contribution in [3.8, 4) is 11.3 Å². The van der Waals surface area contributed by atoms with E-state index >= 15 is 0 Å². The summed E-state index contributed by atoms with van der Waals surface area (Å²) in [5.74, 6) is -0.756. The smallest absolute Gasteiger partial charge is 0.250 e. The third kappa shape index (κ3) is 3.40. The number of aromatic nitrogens is 2. The standard InChI is InChI=1S/C23H21FN4O2/c1-13-6-5-7-14(2)19(13)27-23-20(26-18-11-10-15(24)12-28(18)23)16-8-3-4-9-17(16)21(29)22(25)30/h3-12,21,27,29H,1-2H3,(H2,25,30). The summed E-state index contributed by atoms with van der Waals surface area (Å²) in [6.07, 6.45) is -0.148. The van der Waals surface area contributed by atoms with E-state index in [2.05, 4.69) is 10.3 Å². The van der Waals surface area contributed by atoms with Crippen LogP contribution in [0, 0.1) is 19.7 Å². The minimum atomic E-state index is -1.49. The molecule has 0 radical (unpaired) electrons. The lowest BCUT2D eigenvalue weighted by atomic mass is 9.99. The van der Waals surface area contributed by atoms with Crippen LogP contribution in [0.5, 0.6) is 0 Å². The number of para-hydroxylation sites is 1. The number of nitrogens with two attached hydrogens (primary N) is 1. The normalized spacial score (nSPS) is 12.1. The second-order valence-electron chi connectivity index (χ2n) is 7.17. The summed E-state index contributed by atoms with van der Waals surface area (Å²) in [5.41, 5.74) is 10.1. The van der Waals surface area contributed by atoms with Crippen molar-refractivity contribution in [2.75, 3.05) is 5.32 Å². The molecule has 0 aliphatic carbocycles. The van der Waals surface area contributed by atoms with Crippen molar-refractivity contribution in [3.63, 3.8) is 0 Å². The van der Waals surface area contributed by atoms with Gasteiger partial charge in [-0.15, -0.1) is 0 Å². The fourth-order valence-electron chi connectivity index (χ4n) is 3.56. The van der Waals surface area contributed by atoms with E-state index in [-0.39, 0.29) is 0 Å². The van der Waals surface area contributed by atoms with E-state index in [1.54, 1.807) is 34.7 Å². The van der Waals surface area contributed by atoms with Gasteiger partial charge >= 0.3 is 0 Å². The number of aryl methyl sites for hydroxylation is 2. The maximum atomic E-state index is 14.1. The zero-order chi connectivity index (χ0) is 21.4. The number of hydrogen-bond donors (Lipinski definition) is 3. The Morgan fingerprint density at radius 2 is 1.80 bits per heavy atom. The second-order valence-corrected chi connectivity index (χ2v) is 7.17. The summed E-state index contributed by atoms with van der Waals surface area (Å²) in [7, 11) is 0. The highest BCUT2D eigenvalue weighted by Gasteiger charge is 2.23. The molecule has 4 rings (SSSR count). The number of aliphatic hydroxyl groups is 1. The van der Waals surface area contributed by atoms with E-state index in [1.165, 1.54) is 12.3 Å². The molecule has 0 fully saturated rings. The van der Waals surface area contributed by atoms with Crippen LogP contribution in [-0.2, 0) is 4.79 Å². The number of hydrogen-bond acceptors (Lipinski definition) is 4. The number of rotatable bonds is 5. The van der Waals surface area contributed by atoms with Crippen molar-refractivity contribution in [2.24, 2.45) is 5.73 Å². The Balaban J connectivity index is 1.98. The molecule has 0 aliphatic heterocycles. The van der Waals surface area contributed by atoms with Crippen LogP contribution in [0.2, 0.25) is 0 Å². The van der Waals surface area contributed by atoms with Gasteiger partial charge in [-0.05, 0) is 42.7 Å². The van der Waals surface area contributed by atoms with Crippen molar-refractivity contribution < 1.29 is 14.3 Å². The number of halogens is 1. The minimum Gasteiger partial charge on any atom is -0.378 e. The van der Waals surface area contributed by atoms with Gasteiger partial charge in [0.1, 0.15) is 23.0 Å². The van der Waals surface area contributed by atoms with E-state index in [0.717, 1.165) is 16.8 Å². The van der Waals surface area contributed by atoms with Crippen LogP contribution in [0.4, 0.5) is 15.9 Å². The largest absolute Gasteiger partial charge is 0.378 e. The van der Waals surface area contributed by atoms with Crippen LogP contribution in [0.3, 0.4) is 0 Å². The van der Waals surface area contributed by atoms with E-state index in [9.17, 15) is 14.3 Å². The lowest BCUT2D eigenvalue weighted by Crippen LogP contribution is -2.21. The molecule has 6 nitrogen and oxygen atoms in total. The number of fused-ring (bicyclic) bond motifs is 1. The van der Waals surface area contributed by atoms with Gasteiger partial charge in [0.05, 0.1) is 0 Å². The van der Waals surface area contributed by atoms with Gasteiger partial charge in [0.15, 0.2) is 6.10 Å². The molecule has 4 N–H and O–H groups in total. The van der Waals surface area contributed by atoms with Crippen molar-refractivity contribution in [2.45, 2.75) is 20.0 Å². The summed E-state index contributed by atoms with van der Waals surface area (Å²) in [4.78, 5) is 16.3. The fourth-order valence-corrected chi connectivity index (χ4v) is 3.56. The average Bonchev–Trinajstić information content (AvgIpc) is 3.07. The minimum absolute atomic E-state index is 0.332. The van der Waals surface area contributed by atoms with E-state index in [0.29, 0.717) is 28.3 Å². The molecule has 1 amide bonds. The number of imidazole rings is 1. The summed E-state index contributed by atoms with van der Waals surface area (Å²) in [6, 6.07) is 15.7. The zero-order valence-corrected chi connectivity index (χ0v) is 16.6. The third-order valence-corrected chi connectivity index (χ3v) is 5.09. The first-order valence-corrected chi connectivity index (χ1v) is 9.44. The molecule has 152 valence electrons. The topological polar surface area (TPSA) is 92.6 Å². The second kappa shape index (κ2) is 7.61. The molecular formula is C23H21FN4O2. The molecule has 0 aliphatic rings. The number of anilines is 2. The van der Waals surface area contributed by atoms with Crippen LogP contribution in [0.1, 0.15) is 22.8 Å². The van der Waals surface area contributed by atoms with Gasteiger partial charge in [-0.3, -0.25) is 9.20 Å². The first-order chi connectivity index (χ1) is 14.4. The quantitative estimate of drug-likeness (QED) is 0.468. The van der Waals surface area contributed by atoms with Crippen LogP contribution in [-0.4, -0.2) is 20.4 Å². The van der Waals surface area contributed by atoms with E-state index < -0.39 is 17.8 Å². The fraction of sp³-hybridized carbons (Fsp3) is 0.130. The van der Waals surface area contributed by atoms with Crippen LogP contribution < -0.4 is 11.1 Å². The maximum Gasteiger partial charge on any atom is 0.250 e. The SMILES string of the molecule is Cc1cccc(C)c1Nc1c(-c2ccccc2C(O)C(N)=O)nc2ccc(F)cn12. The highest BCUT2D eigenvalue weighted by Crippen LogP contribution is 2.36. The molecule has 1 atom stereocenters. The number of nitrogens with one attached hydrogen (secondary N) is 1. The molecule has 0 bridgehead atoms. The number of pyridine rings is 1. The van der Waals surface area contributed by atoms with Gasteiger partial charge in [-0.2, -0.15) is 0 Å². The van der Waals surface area contributed by atoms with E-state index in [1.807, 2.05) is 32.0 Å². The zero-order valence-electron chi connectivity index (χ0n) is 16.6. The molecule has 7 heteroatoms.